The molecular weight excluding hydrogens is 216 g/mol. The van der Waals surface area contributed by atoms with Crippen LogP contribution in [-0.4, -0.2) is 21.2 Å². The Morgan fingerprint density at radius 2 is 2.35 bits per heavy atom. The van der Waals surface area contributed by atoms with Crippen LogP contribution in [0.15, 0.2) is 22.9 Å². The fourth-order valence-corrected chi connectivity index (χ4v) is 2.43. The minimum atomic E-state index is 0.273. The number of nitrogens with two attached hydrogens (primary N) is 1. The second kappa shape index (κ2) is 4.33. The smallest absolute Gasteiger partial charge is 0.230 e. The zero-order valence-electron chi connectivity index (χ0n) is 9.60. The van der Waals surface area contributed by atoms with E-state index in [9.17, 15) is 0 Å². The molecule has 90 valence electrons. The molecule has 2 aromatic rings. The zero-order valence-corrected chi connectivity index (χ0v) is 9.60. The van der Waals surface area contributed by atoms with Crippen molar-refractivity contribution in [1.29, 1.82) is 0 Å². The van der Waals surface area contributed by atoms with Crippen molar-refractivity contribution in [3.8, 4) is 11.5 Å². The molecule has 2 heterocycles. The maximum atomic E-state index is 5.97. The number of hydrogen-bond acceptors (Lipinski definition) is 4. The van der Waals surface area contributed by atoms with Crippen LogP contribution >= 0.6 is 0 Å². The van der Waals surface area contributed by atoms with Crippen molar-refractivity contribution in [2.24, 2.45) is 5.73 Å². The van der Waals surface area contributed by atoms with Gasteiger partial charge < -0.3 is 15.2 Å². The van der Waals surface area contributed by atoms with Gasteiger partial charge in [-0.25, -0.2) is 0 Å². The number of nitrogens with one attached hydrogen (secondary N) is 1. The third-order valence-corrected chi connectivity index (χ3v) is 3.34. The van der Waals surface area contributed by atoms with Gasteiger partial charge in [0.25, 0.3) is 0 Å². The summed E-state index contributed by atoms with van der Waals surface area (Å²) in [6.07, 6.45) is 6.15. The first-order valence-electron chi connectivity index (χ1n) is 6.06. The lowest BCUT2D eigenvalue weighted by Gasteiger charge is -2.23. The summed E-state index contributed by atoms with van der Waals surface area (Å²) in [7, 11) is 0. The molecular formula is C12H16N4O. The van der Waals surface area contributed by atoms with Crippen LogP contribution in [-0.2, 0) is 0 Å². The third-order valence-electron chi connectivity index (χ3n) is 3.34. The average molecular weight is 232 g/mol. The number of H-pyrrole nitrogens is 1. The highest BCUT2D eigenvalue weighted by atomic mass is 16.5. The second-order valence-electron chi connectivity index (χ2n) is 4.66. The molecule has 0 radical (unpaired) electrons. The molecule has 5 heteroatoms. The van der Waals surface area contributed by atoms with Gasteiger partial charge in [-0.2, -0.15) is 4.98 Å². The summed E-state index contributed by atoms with van der Waals surface area (Å²) in [4.78, 5) is 7.52. The SMILES string of the molecule is NC1CCCC(c2nc(-c3ccc[nH]3)no2)C1. The molecule has 0 saturated heterocycles. The Bertz CT molecular complexity index is 476. The van der Waals surface area contributed by atoms with E-state index in [2.05, 4.69) is 15.1 Å². The quantitative estimate of drug-likeness (QED) is 0.830. The number of rotatable bonds is 2. The van der Waals surface area contributed by atoms with E-state index in [1.54, 1.807) is 0 Å². The highest BCUT2D eigenvalue weighted by molar-refractivity contribution is 5.47. The summed E-state index contributed by atoms with van der Waals surface area (Å²) in [6, 6.07) is 4.12. The summed E-state index contributed by atoms with van der Waals surface area (Å²) >= 11 is 0. The fourth-order valence-electron chi connectivity index (χ4n) is 2.43. The number of aromatic amines is 1. The zero-order chi connectivity index (χ0) is 11.7. The van der Waals surface area contributed by atoms with Crippen molar-refractivity contribution in [2.45, 2.75) is 37.6 Å². The predicted octanol–water partition coefficient (Wildman–Crippen LogP) is 2.05. The van der Waals surface area contributed by atoms with E-state index in [-0.39, 0.29) is 6.04 Å². The van der Waals surface area contributed by atoms with Gasteiger partial charge in [0.05, 0.1) is 5.69 Å². The highest BCUT2D eigenvalue weighted by Gasteiger charge is 2.25. The van der Waals surface area contributed by atoms with E-state index in [4.69, 9.17) is 10.3 Å². The van der Waals surface area contributed by atoms with Crippen LogP contribution in [0.25, 0.3) is 11.5 Å². The minimum absolute atomic E-state index is 0.273. The molecule has 1 aliphatic rings. The standard InChI is InChI=1S/C12H16N4O/c13-9-4-1-3-8(7-9)12-15-11(16-17-12)10-5-2-6-14-10/h2,5-6,8-9,14H,1,3-4,7,13H2. The van der Waals surface area contributed by atoms with Gasteiger partial charge in [-0.15, -0.1) is 0 Å². The summed E-state index contributed by atoms with van der Waals surface area (Å²) in [5.41, 5.74) is 6.86. The fraction of sp³-hybridized carbons (Fsp3) is 0.500. The molecule has 0 aromatic carbocycles. The summed E-state index contributed by atoms with van der Waals surface area (Å²) in [5, 5.41) is 4.00. The van der Waals surface area contributed by atoms with Gasteiger partial charge in [0.15, 0.2) is 0 Å². The van der Waals surface area contributed by atoms with E-state index >= 15 is 0 Å². The van der Waals surface area contributed by atoms with Crippen molar-refractivity contribution in [3.05, 3.63) is 24.2 Å². The van der Waals surface area contributed by atoms with Crippen LogP contribution in [0.2, 0.25) is 0 Å². The van der Waals surface area contributed by atoms with E-state index < -0.39 is 0 Å². The molecule has 2 atom stereocenters. The molecule has 0 spiro atoms. The molecule has 1 aliphatic carbocycles. The second-order valence-corrected chi connectivity index (χ2v) is 4.66. The molecule has 0 aliphatic heterocycles. The van der Waals surface area contributed by atoms with Crippen LogP contribution in [0.4, 0.5) is 0 Å². The maximum absolute atomic E-state index is 5.97. The predicted molar refractivity (Wildman–Crippen MR) is 63.3 cm³/mol. The highest BCUT2D eigenvalue weighted by Crippen LogP contribution is 2.31. The summed E-state index contributed by atoms with van der Waals surface area (Å²) in [6.45, 7) is 0. The number of aromatic nitrogens is 3. The molecule has 2 unspecified atom stereocenters. The van der Waals surface area contributed by atoms with E-state index in [1.807, 2.05) is 18.3 Å². The average Bonchev–Trinajstić information content (AvgIpc) is 3.00. The molecule has 5 nitrogen and oxygen atoms in total. The molecule has 0 bridgehead atoms. The Morgan fingerprint density at radius 1 is 1.41 bits per heavy atom. The third kappa shape index (κ3) is 2.10. The minimum Gasteiger partial charge on any atom is -0.359 e. The summed E-state index contributed by atoms with van der Waals surface area (Å²) < 4.78 is 5.34. The Balaban J connectivity index is 1.80. The van der Waals surface area contributed by atoms with Crippen molar-refractivity contribution in [3.63, 3.8) is 0 Å². The lowest BCUT2D eigenvalue weighted by Crippen LogP contribution is -2.26. The van der Waals surface area contributed by atoms with Gasteiger partial charge in [0.2, 0.25) is 11.7 Å². The van der Waals surface area contributed by atoms with Gasteiger partial charge in [0.1, 0.15) is 0 Å². The number of hydrogen-bond donors (Lipinski definition) is 2. The molecule has 1 saturated carbocycles. The first-order chi connectivity index (χ1) is 8.33. The maximum Gasteiger partial charge on any atom is 0.230 e. The molecule has 1 fully saturated rings. The van der Waals surface area contributed by atoms with Gasteiger partial charge >= 0.3 is 0 Å². The largest absolute Gasteiger partial charge is 0.359 e. The van der Waals surface area contributed by atoms with Gasteiger partial charge in [0, 0.05) is 18.2 Å². The first-order valence-corrected chi connectivity index (χ1v) is 6.06. The van der Waals surface area contributed by atoms with Crippen LogP contribution in [0.1, 0.15) is 37.5 Å². The van der Waals surface area contributed by atoms with Crippen molar-refractivity contribution < 1.29 is 4.52 Å². The van der Waals surface area contributed by atoms with E-state index in [1.165, 1.54) is 0 Å². The molecule has 3 N–H and O–H groups in total. The molecule has 0 amide bonds. The topological polar surface area (TPSA) is 80.7 Å². The van der Waals surface area contributed by atoms with Crippen LogP contribution in [0, 0.1) is 0 Å². The summed E-state index contributed by atoms with van der Waals surface area (Å²) in [5.74, 6) is 1.68. The van der Waals surface area contributed by atoms with Gasteiger partial charge in [-0.3, -0.25) is 0 Å². The van der Waals surface area contributed by atoms with Crippen molar-refractivity contribution in [1.82, 2.24) is 15.1 Å². The van der Waals surface area contributed by atoms with E-state index in [0.29, 0.717) is 11.7 Å². The Morgan fingerprint density at radius 3 is 3.12 bits per heavy atom. The lowest BCUT2D eigenvalue weighted by molar-refractivity contribution is 0.299. The van der Waals surface area contributed by atoms with Crippen molar-refractivity contribution >= 4 is 0 Å². The van der Waals surface area contributed by atoms with Gasteiger partial charge in [-0.1, -0.05) is 11.6 Å². The van der Waals surface area contributed by atoms with Crippen LogP contribution < -0.4 is 5.73 Å². The molecule has 3 rings (SSSR count). The Labute approximate surface area is 99.4 Å². The number of nitrogens with zero attached hydrogens (tertiary/aromatic N) is 2. The first kappa shape index (κ1) is 10.5. The van der Waals surface area contributed by atoms with Crippen LogP contribution in [0.5, 0.6) is 0 Å². The Hall–Kier alpha value is -1.62. The van der Waals surface area contributed by atoms with Crippen molar-refractivity contribution in [2.75, 3.05) is 0 Å². The Kier molecular flexibility index (Phi) is 2.68. The monoisotopic (exact) mass is 232 g/mol. The lowest BCUT2D eigenvalue weighted by atomic mass is 9.86. The molecule has 17 heavy (non-hydrogen) atoms. The van der Waals surface area contributed by atoms with E-state index in [0.717, 1.165) is 37.3 Å². The van der Waals surface area contributed by atoms with Gasteiger partial charge in [-0.05, 0) is 31.4 Å². The normalized spacial score (nSPS) is 25.0. The molecule has 2 aromatic heterocycles. The van der Waals surface area contributed by atoms with Crippen LogP contribution in [0.3, 0.4) is 0 Å².